The van der Waals surface area contributed by atoms with Crippen LogP contribution in [0.5, 0.6) is 0 Å². The third kappa shape index (κ3) is 12.2. The summed E-state index contributed by atoms with van der Waals surface area (Å²) in [6, 6.07) is 0. The van der Waals surface area contributed by atoms with E-state index >= 15 is 0 Å². The van der Waals surface area contributed by atoms with Gasteiger partial charge in [-0.25, -0.2) is 4.79 Å². The Kier molecular flexibility index (Phi) is 13.9. The maximum atomic E-state index is 11.9. The molecule has 0 heterocycles. The van der Waals surface area contributed by atoms with Gasteiger partial charge in [-0.05, 0) is 19.5 Å². The van der Waals surface area contributed by atoms with E-state index in [1.807, 2.05) is 18.7 Å². The number of carboxylic acids is 1. The van der Waals surface area contributed by atoms with Gasteiger partial charge in [0.15, 0.2) is 5.60 Å². The van der Waals surface area contributed by atoms with Crippen molar-refractivity contribution in [3.05, 3.63) is 0 Å². The van der Waals surface area contributed by atoms with Crippen molar-refractivity contribution < 1.29 is 38.9 Å². The van der Waals surface area contributed by atoms with Gasteiger partial charge in [0, 0.05) is 13.0 Å². The Hall–Kier alpha value is -2.00. The van der Waals surface area contributed by atoms with Gasteiger partial charge in [0.1, 0.15) is 6.61 Å². The number of nitrogens with zero attached hydrogens (tertiary/aromatic N) is 1. The Morgan fingerprint density at radius 1 is 0.862 bits per heavy atom. The van der Waals surface area contributed by atoms with Crippen LogP contribution in [0.1, 0.15) is 72.1 Å². The summed E-state index contributed by atoms with van der Waals surface area (Å²) in [4.78, 5) is 48.7. The average molecular weight is 417 g/mol. The highest BCUT2D eigenvalue weighted by Gasteiger charge is 2.42. The minimum absolute atomic E-state index is 0.0361. The summed E-state index contributed by atoms with van der Waals surface area (Å²) in [5, 5.41) is 19.4. The maximum Gasteiger partial charge on any atom is 0.336 e. The number of likely N-dealkylation sites (N-methyl/N-ethyl adjacent to an activating group) is 1. The van der Waals surface area contributed by atoms with E-state index in [-0.39, 0.29) is 13.0 Å². The van der Waals surface area contributed by atoms with Gasteiger partial charge in [0.25, 0.3) is 0 Å². The Bertz CT molecular complexity index is 533. The predicted molar refractivity (Wildman–Crippen MR) is 105 cm³/mol. The van der Waals surface area contributed by atoms with Crippen LogP contribution in [0.3, 0.4) is 0 Å². The molecular formula is C20H35NO8. The van der Waals surface area contributed by atoms with Gasteiger partial charge < -0.3 is 24.6 Å². The first kappa shape index (κ1) is 27.0. The fourth-order valence-electron chi connectivity index (χ4n) is 2.66. The van der Waals surface area contributed by atoms with E-state index in [9.17, 15) is 29.4 Å². The first-order valence-electron chi connectivity index (χ1n) is 10.3. The van der Waals surface area contributed by atoms with Crippen LogP contribution in [-0.4, -0.2) is 70.8 Å². The molecule has 0 aromatic rings. The molecule has 2 N–H and O–H groups in total. The fraction of sp³-hybridized carbons (Fsp3) is 0.800. The number of aliphatic hydroxyl groups is 1. The molecule has 9 nitrogen and oxygen atoms in total. The van der Waals surface area contributed by atoms with Crippen LogP contribution in [0.2, 0.25) is 0 Å². The molecule has 0 bridgehead atoms. The number of hydrogen-bond acceptors (Lipinski definition) is 8. The topological polar surface area (TPSA) is 130 Å². The lowest BCUT2D eigenvalue weighted by molar-refractivity contribution is -0.175. The highest BCUT2D eigenvalue weighted by molar-refractivity contribution is 5.92. The molecule has 0 aliphatic heterocycles. The summed E-state index contributed by atoms with van der Waals surface area (Å²) in [6.45, 7) is 8.02. The molecule has 0 aromatic carbocycles. The number of rotatable bonds is 16. The van der Waals surface area contributed by atoms with Crippen molar-refractivity contribution in [3.8, 4) is 0 Å². The lowest BCUT2D eigenvalue weighted by atomic mass is 9.96. The predicted octanol–water partition coefficient (Wildman–Crippen LogP) is 1.90. The fourth-order valence-corrected chi connectivity index (χ4v) is 2.66. The highest BCUT2D eigenvalue weighted by atomic mass is 16.6. The molecule has 0 radical (unpaired) electrons. The molecule has 29 heavy (non-hydrogen) atoms. The molecule has 0 saturated carbocycles. The van der Waals surface area contributed by atoms with Crippen LogP contribution in [0.4, 0.5) is 0 Å². The first-order chi connectivity index (χ1) is 13.7. The molecular weight excluding hydrogens is 382 g/mol. The Balaban J connectivity index is 4.47. The molecule has 0 fully saturated rings. The van der Waals surface area contributed by atoms with Crippen LogP contribution < -0.4 is 0 Å². The Labute approximate surface area is 172 Å². The lowest BCUT2D eigenvalue weighted by Crippen LogP contribution is -2.44. The van der Waals surface area contributed by atoms with Gasteiger partial charge in [-0.15, -0.1) is 0 Å². The number of carbonyl (C=O) groups excluding carboxylic acids is 3. The number of ether oxygens (including phenoxy) is 2. The SMILES string of the molecule is CCCCCCCC(=O)OC(=O)CC(O)(CC(=O)OCCN(CC)CC)C(=O)O. The Morgan fingerprint density at radius 3 is 2.00 bits per heavy atom. The summed E-state index contributed by atoms with van der Waals surface area (Å²) in [5.74, 6) is -4.68. The van der Waals surface area contributed by atoms with Crippen molar-refractivity contribution in [1.82, 2.24) is 4.90 Å². The summed E-state index contributed by atoms with van der Waals surface area (Å²) in [7, 11) is 0. The summed E-state index contributed by atoms with van der Waals surface area (Å²) < 4.78 is 9.51. The van der Waals surface area contributed by atoms with E-state index in [2.05, 4.69) is 11.7 Å². The van der Waals surface area contributed by atoms with Gasteiger partial charge in [-0.1, -0.05) is 46.5 Å². The summed E-state index contributed by atoms with van der Waals surface area (Å²) in [6.07, 6.45) is 2.60. The van der Waals surface area contributed by atoms with Crippen LogP contribution in [-0.2, 0) is 28.7 Å². The van der Waals surface area contributed by atoms with Crippen molar-refractivity contribution in [3.63, 3.8) is 0 Å². The highest BCUT2D eigenvalue weighted by Crippen LogP contribution is 2.18. The monoisotopic (exact) mass is 417 g/mol. The van der Waals surface area contributed by atoms with E-state index in [1.165, 1.54) is 0 Å². The zero-order chi connectivity index (χ0) is 22.3. The average Bonchev–Trinajstić information content (AvgIpc) is 2.64. The molecule has 0 aliphatic rings. The third-order valence-electron chi connectivity index (χ3n) is 4.55. The molecule has 0 rings (SSSR count). The zero-order valence-corrected chi connectivity index (χ0v) is 17.8. The number of aliphatic carboxylic acids is 1. The van der Waals surface area contributed by atoms with Crippen LogP contribution in [0.25, 0.3) is 0 Å². The minimum atomic E-state index is -2.69. The maximum absolute atomic E-state index is 11.9. The number of carbonyl (C=O) groups is 4. The van der Waals surface area contributed by atoms with Gasteiger partial charge in [0.05, 0.1) is 12.8 Å². The van der Waals surface area contributed by atoms with Gasteiger partial charge in [-0.2, -0.15) is 0 Å². The van der Waals surface area contributed by atoms with Crippen LogP contribution in [0.15, 0.2) is 0 Å². The molecule has 9 heteroatoms. The van der Waals surface area contributed by atoms with Crippen molar-refractivity contribution in [2.45, 2.75) is 77.7 Å². The molecule has 0 aromatic heterocycles. The molecule has 0 aliphatic carbocycles. The van der Waals surface area contributed by atoms with Gasteiger partial charge in [0.2, 0.25) is 0 Å². The molecule has 1 unspecified atom stereocenters. The van der Waals surface area contributed by atoms with Crippen molar-refractivity contribution in [2.75, 3.05) is 26.2 Å². The van der Waals surface area contributed by atoms with E-state index in [1.54, 1.807) is 0 Å². The summed E-state index contributed by atoms with van der Waals surface area (Å²) in [5.41, 5.74) is -2.69. The second-order valence-corrected chi connectivity index (χ2v) is 6.95. The quantitative estimate of drug-likeness (QED) is 0.220. The smallest absolute Gasteiger partial charge is 0.336 e. The minimum Gasteiger partial charge on any atom is -0.479 e. The summed E-state index contributed by atoms with van der Waals surface area (Å²) >= 11 is 0. The molecule has 0 amide bonds. The molecule has 1 atom stereocenters. The number of hydrogen-bond donors (Lipinski definition) is 2. The second kappa shape index (κ2) is 14.9. The van der Waals surface area contributed by atoms with E-state index in [4.69, 9.17) is 4.74 Å². The number of carboxylic acid groups (broad SMARTS) is 1. The van der Waals surface area contributed by atoms with E-state index in [0.717, 1.165) is 38.8 Å². The molecule has 168 valence electrons. The van der Waals surface area contributed by atoms with Crippen molar-refractivity contribution in [1.29, 1.82) is 0 Å². The third-order valence-corrected chi connectivity index (χ3v) is 4.55. The van der Waals surface area contributed by atoms with Crippen molar-refractivity contribution in [2.24, 2.45) is 0 Å². The van der Waals surface area contributed by atoms with E-state index in [0.29, 0.717) is 13.0 Å². The van der Waals surface area contributed by atoms with E-state index < -0.39 is 42.3 Å². The largest absolute Gasteiger partial charge is 0.479 e. The van der Waals surface area contributed by atoms with Crippen LogP contribution in [0, 0.1) is 0 Å². The first-order valence-corrected chi connectivity index (χ1v) is 10.3. The standard InChI is InChI=1S/C20H35NO8/c1-4-7-8-9-10-11-16(22)29-18(24)15-20(27,19(25)26)14-17(23)28-13-12-21(5-2)6-3/h27H,4-15H2,1-3H3,(H,25,26). The molecule has 0 spiro atoms. The normalized spacial score (nSPS) is 13.0. The zero-order valence-electron chi connectivity index (χ0n) is 17.8. The number of esters is 3. The lowest BCUT2D eigenvalue weighted by Gasteiger charge is -2.22. The van der Waals surface area contributed by atoms with Gasteiger partial charge >= 0.3 is 23.9 Å². The second-order valence-electron chi connectivity index (χ2n) is 6.95. The van der Waals surface area contributed by atoms with Gasteiger partial charge in [-0.3, -0.25) is 14.4 Å². The Morgan fingerprint density at radius 2 is 1.45 bits per heavy atom. The molecule has 0 saturated heterocycles. The number of unbranched alkanes of at least 4 members (excludes halogenated alkanes) is 4. The van der Waals surface area contributed by atoms with Crippen LogP contribution >= 0.6 is 0 Å². The van der Waals surface area contributed by atoms with Crippen molar-refractivity contribution >= 4 is 23.9 Å².